The molecule has 9 heteroatoms. The Kier molecular flexibility index (Phi) is 5.60. The van der Waals surface area contributed by atoms with E-state index in [0.717, 1.165) is 6.07 Å². The quantitative estimate of drug-likeness (QED) is 0.640. The van der Waals surface area contributed by atoms with E-state index in [4.69, 9.17) is 11.6 Å². The summed E-state index contributed by atoms with van der Waals surface area (Å²) in [6, 6.07) is 3.13. The van der Waals surface area contributed by atoms with E-state index in [-0.39, 0.29) is 16.0 Å². The summed E-state index contributed by atoms with van der Waals surface area (Å²) in [5.41, 5.74) is -0.429. The van der Waals surface area contributed by atoms with E-state index >= 15 is 0 Å². The summed E-state index contributed by atoms with van der Waals surface area (Å²) in [7, 11) is -3.78. The summed E-state index contributed by atoms with van der Waals surface area (Å²) >= 11 is 7.14. The van der Waals surface area contributed by atoms with Gasteiger partial charge in [-0.25, -0.2) is 13.1 Å². The molecule has 0 saturated carbocycles. The largest absolute Gasteiger partial charge is 0.289 e. The highest BCUT2D eigenvalue weighted by atomic mass is 35.5. The molecule has 0 aliphatic heterocycles. The molecule has 0 aliphatic rings. The molecule has 0 heterocycles. The minimum absolute atomic E-state index is 0.0962. The molecule has 0 radical (unpaired) electrons. The van der Waals surface area contributed by atoms with Crippen LogP contribution in [0, 0.1) is 10.1 Å². The number of sulfonamides is 1. The number of benzene rings is 1. The van der Waals surface area contributed by atoms with Crippen LogP contribution in [-0.4, -0.2) is 31.4 Å². The molecule has 19 heavy (non-hydrogen) atoms. The van der Waals surface area contributed by atoms with Crippen LogP contribution < -0.4 is 4.72 Å². The van der Waals surface area contributed by atoms with E-state index in [2.05, 4.69) is 4.72 Å². The van der Waals surface area contributed by atoms with Gasteiger partial charge in [-0.15, -0.1) is 0 Å². The van der Waals surface area contributed by atoms with E-state index in [9.17, 15) is 18.5 Å². The number of thioether (sulfide) groups is 1. The van der Waals surface area contributed by atoms with Crippen molar-refractivity contribution in [2.24, 2.45) is 0 Å². The predicted molar refractivity (Wildman–Crippen MR) is 76.3 cm³/mol. The average Bonchev–Trinajstić information content (AvgIpc) is 2.28. The first-order valence-corrected chi connectivity index (χ1v) is 8.48. The number of halogens is 1. The maximum atomic E-state index is 12.0. The predicted octanol–water partition coefficient (Wildman–Crippen LogP) is 2.28. The highest BCUT2D eigenvalue weighted by Crippen LogP contribution is 2.27. The summed E-state index contributed by atoms with van der Waals surface area (Å²) in [5, 5.41) is 10.6. The average molecular weight is 325 g/mol. The zero-order chi connectivity index (χ0) is 14.6. The van der Waals surface area contributed by atoms with Gasteiger partial charge in [0.2, 0.25) is 10.0 Å². The molecule has 1 unspecified atom stereocenters. The molecule has 6 nitrogen and oxygen atoms in total. The fourth-order valence-electron chi connectivity index (χ4n) is 1.42. The monoisotopic (exact) mass is 324 g/mol. The third-order valence-electron chi connectivity index (χ3n) is 2.20. The number of hydrogen-bond donors (Lipinski definition) is 1. The summed E-state index contributed by atoms with van der Waals surface area (Å²) in [6.07, 6.45) is 1.86. The molecule has 1 atom stereocenters. The molecule has 1 aromatic rings. The Balaban J connectivity index is 3.08. The smallest absolute Gasteiger partial charge is 0.258 e. The van der Waals surface area contributed by atoms with Gasteiger partial charge in [-0.3, -0.25) is 10.1 Å². The van der Waals surface area contributed by atoms with Crippen LogP contribution in [0.1, 0.15) is 6.92 Å². The van der Waals surface area contributed by atoms with Crippen molar-refractivity contribution in [3.63, 3.8) is 0 Å². The first kappa shape index (κ1) is 16.2. The Bertz CT molecular complexity index is 577. The Morgan fingerprint density at radius 2 is 2.16 bits per heavy atom. The Hall–Kier alpha value is -0.830. The van der Waals surface area contributed by atoms with E-state index in [0.29, 0.717) is 5.75 Å². The maximum absolute atomic E-state index is 12.0. The number of nitrogens with one attached hydrogen (secondary N) is 1. The van der Waals surface area contributed by atoms with Crippen LogP contribution in [0.4, 0.5) is 5.69 Å². The van der Waals surface area contributed by atoms with E-state index in [1.165, 1.54) is 23.9 Å². The van der Waals surface area contributed by atoms with Gasteiger partial charge in [0.1, 0.15) is 5.02 Å². The second-order valence-corrected chi connectivity index (χ2v) is 6.88. The molecule has 0 aliphatic carbocycles. The summed E-state index contributed by atoms with van der Waals surface area (Å²) in [6.45, 7) is 1.72. The fraction of sp³-hybridized carbons (Fsp3) is 0.400. The SMILES string of the molecule is CSCC(C)NS(=O)(=O)c1ccc(Cl)c([N+](=O)[O-])c1. The van der Waals surface area contributed by atoms with Crippen molar-refractivity contribution in [2.45, 2.75) is 17.9 Å². The molecule has 0 spiro atoms. The van der Waals surface area contributed by atoms with Crippen molar-refractivity contribution < 1.29 is 13.3 Å². The summed E-state index contributed by atoms with van der Waals surface area (Å²) in [5.74, 6) is 0.606. The minimum atomic E-state index is -3.78. The second-order valence-electron chi connectivity index (χ2n) is 3.85. The van der Waals surface area contributed by atoms with Crippen molar-refractivity contribution >= 4 is 39.1 Å². The van der Waals surface area contributed by atoms with Gasteiger partial charge >= 0.3 is 0 Å². The van der Waals surface area contributed by atoms with Gasteiger partial charge < -0.3 is 0 Å². The molecule has 0 bridgehead atoms. The van der Waals surface area contributed by atoms with Gasteiger partial charge in [0.25, 0.3) is 5.69 Å². The van der Waals surface area contributed by atoms with Gasteiger partial charge in [-0.05, 0) is 25.3 Å². The third kappa shape index (κ3) is 4.34. The number of nitro benzene ring substituents is 1. The zero-order valence-corrected chi connectivity index (χ0v) is 12.7. The first-order valence-electron chi connectivity index (χ1n) is 5.23. The van der Waals surface area contributed by atoms with Crippen LogP contribution in [0.25, 0.3) is 0 Å². The van der Waals surface area contributed by atoms with Gasteiger partial charge in [0.15, 0.2) is 0 Å². The molecule has 0 fully saturated rings. The standard InChI is InChI=1S/C10H13ClN2O4S2/c1-7(6-18-2)12-19(16,17)8-3-4-9(11)10(5-8)13(14)15/h3-5,7,12H,6H2,1-2H3. The Morgan fingerprint density at radius 3 is 2.68 bits per heavy atom. The lowest BCUT2D eigenvalue weighted by atomic mass is 10.3. The van der Waals surface area contributed by atoms with Gasteiger partial charge in [-0.2, -0.15) is 11.8 Å². The summed E-state index contributed by atoms with van der Waals surface area (Å²) < 4.78 is 26.5. The van der Waals surface area contributed by atoms with Crippen LogP contribution in [0.3, 0.4) is 0 Å². The molecule has 1 rings (SSSR count). The second kappa shape index (κ2) is 6.56. The third-order valence-corrected chi connectivity index (χ3v) is 4.94. The van der Waals surface area contributed by atoms with Crippen molar-refractivity contribution in [3.05, 3.63) is 33.3 Å². The van der Waals surface area contributed by atoms with Gasteiger partial charge in [-0.1, -0.05) is 11.6 Å². The van der Waals surface area contributed by atoms with E-state index in [1.54, 1.807) is 6.92 Å². The molecule has 0 aromatic heterocycles. The lowest BCUT2D eigenvalue weighted by Gasteiger charge is -2.12. The topological polar surface area (TPSA) is 89.3 Å². The van der Waals surface area contributed by atoms with E-state index in [1.807, 2.05) is 6.26 Å². The number of rotatable bonds is 6. The minimum Gasteiger partial charge on any atom is -0.258 e. The number of nitrogens with zero attached hydrogens (tertiary/aromatic N) is 1. The Labute approximate surface area is 120 Å². The molecule has 1 N–H and O–H groups in total. The van der Waals surface area contributed by atoms with Crippen molar-refractivity contribution in [2.75, 3.05) is 12.0 Å². The molecule has 1 aromatic carbocycles. The van der Waals surface area contributed by atoms with Gasteiger partial charge in [0.05, 0.1) is 9.82 Å². The highest BCUT2D eigenvalue weighted by Gasteiger charge is 2.22. The number of nitro groups is 1. The molecular formula is C10H13ClN2O4S2. The maximum Gasteiger partial charge on any atom is 0.289 e. The van der Waals surface area contributed by atoms with Crippen LogP contribution >= 0.6 is 23.4 Å². The molecule has 0 saturated heterocycles. The fourth-order valence-corrected chi connectivity index (χ4v) is 3.55. The van der Waals surface area contributed by atoms with Crippen LogP contribution in [-0.2, 0) is 10.0 Å². The van der Waals surface area contributed by atoms with Crippen molar-refractivity contribution in [1.29, 1.82) is 0 Å². The lowest BCUT2D eigenvalue weighted by molar-refractivity contribution is -0.384. The summed E-state index contributed by atoms with van der Waals surface area (Å²) in [4.78, 5) is 9.84. The molecular weight excluding hydrogens is 312 g/mol. The molecule has 106 valence electrons. The van der Waals surface area contributed by atoms with Gasteiger partial charge in [0, 0.05) is 17.9 Å². The highest BCUT2D eigenvalue weighted by molar-refractivity contribution is 7.98. The Morgan fingerprint density at radius 1 is 1.53 bits per heavy atom. The van der Waals surface area contributed by atoms with Crippen molar-refractivity contribution in [3.8, 4) is 0 Å². The van der Waals surface area contributed by atoms with Crippen LogP contribution in [0.2, 0.25) is 5.02 Å². The number of hydrogen-bond acceptors (Lipinski definition) is 5. The first-order chi connectivity index (χ1) is 8.77. The van der Waals surface area contributed by atoms with Crippen LogP contribution in [0.5, 0.6) is 0 Å². The zero-order valence-electron chi connectivity index (χ0n) is 10.3. The normalized spacial score (nSPS) is 13.2. The molecule has 0 amide bonds. The van der Waals surface area contributed by atoms with Crippen LogP contribution in [0.15, 0.2) is 23.1 Å². The lowest BCUT2D eigenvalue weighted by Crippen LogP contribution is -2.34. The van der Waals surface area contributed by atoms with E-state index < -0.39 is 20.6 Å². The van der Waals surface area contributed by atoms with Crippen molar-refractivity contribution in [1.82, 2.24) is 4.72 Å².